The summed E-state index contributed by atoms with van der Waals surface area (Å²) in [6, 6.07) is 0. The lowest BCUT2D eigenvalue weighted by atomic mass is 9.97. The van der Waals surface area contributed by atoms with E-state index in [1.54, 1.807) is 4.90 Å². The molecule has 5 heteroatoms. The van der Waals surface area contributed by atoms with E-state index in [0.717, 1.165) is 32.2 Å². The number of carbonyl (C=O) groups excluding carboxylic acids is 2. The maximum Gasteiger partial charge on any atom is 0.410 e. The van der Waals surface area contributed by atoms with Crippen LogP contribution in [0.5, 0.6) is 0 Å². The summed E-state index contributed by atoms with van der Waals surface area (Å²) >= 11 is 0. The summed E-state index contributed by atoms with van der Waals surface area (Å²) in [5, 5.41) is 3.04. The van der Waals surface area contributed by atoms with Crippen LogP contribution in [0.1, 0.15) is 60.3 Å². The van der Waals surface area contributed by atoms with E-state index >= 15 is 0 Å². The Morgan fingerprint density at radius 2 is 1.91 bits per heavy atom. The minimum atomic E-state index is -0.465. The maximum absolute atomic E-state index is 12.1. The molecule has 1 heterocycles. The molecule has 0 bridgehead atoms. The van der Waals surface area contributed by atoms with Crippen LogP contribution in [0.3, 0.4) is 0 Å². The van der Waals surface area contributed by atoms with E-state index in [2.05, 4.69) is 5.32 Å². The Labute approximate surface area is 134 Å². The van der Waals surface area contributed by atoms with Gasteiger partial charge >= 0.3 is 6.09 Å². The van der Waals surface area contributed by atoms with Crippen molar-refractivity contribution in [3.05, 3.63) is 0 Å². The first-order valence-corrected chi connectivity index (χ1v) is 8.52. The zero-order valence-electron chi connectivity index (χ0n) is 14.8. The van der Waals surface area contributed by atoms with Gasteiger partial charge in [0, 0.05) is 25.6 Å². The fourth-order valence-corrected chi connectivity index (χ4v) is 2.77. The van der Waals surface area contributed by atoms with Crippen LogP contribution in [0.15, 0.2) is 0 Å². The van der Waals surface area contributed by atoms with Gasteiger partial charge in [0.2, 0.25) is 5.91 Å². The summed E-state index contributed by atoms with van der Waals surface area (Å²) in [6.07, 6.45) is 3.50. The Kier molecular flexibility index (Phi) is 7.17. The summed E-state index contributed by atoms with van der Waals surface area (Å²) in [5.41, 5.74) is -0.465. The van der Waals surface area contributed by atoms with Gasteiger partial charge in [-0.15, -0.1) is 0 Å². The molecule has 5 nitrogen and oxygen atoms in total. The van der Waals surface area contributed by atoms with Crippen molar-refractivity contribution in [3.8, 4) is 0 Å². The Morgan fingerprint density at radius 3 is 2.45 bits per heavy atom. The van der Waals surface area contributed by atoms with Crippen molar-refractivity contribution in [2.45, 2.75) is 65.9 Å². The van der Waals surface area contributed by atoms with Crippen molar-refractivity contribution in [3.63, 3.8) is 0 Å². The summed E-state index contributed by atoms with van der Waals surface area (Å²) in [6.45, 7) is 11.8. The number of likely N-dealkylation sites (tertiary alicyclic amines) is 1. The summed E-state index contributed by atoms with van der Waals surface area (Å²) in [7, 11) is 0. The van der Waals surface area contributed by atoms with Crippen molar-refractivity contribution in [2.24, 2.45) is 11.8 Å². The lowest BCUT2D eigenvalue weighted by Gasteiger charge is -2.34. The molecular weight excluding hydrogens is 280 g/mol. The van der Waals surface area contributed by atoms with E-state index in [1.807, 2.05) is 34.6 Å². The highest BCUT2D eigenvalue weighted by atomic mass is 16.6. The molecule has 1 fully saturated rings. The minimum Gasteiger partial charge on any atom is -0.444 e. The highest BCUT2D eigenvalue weighted by Gasteiger charge is 2.28. The molecule has 0 aromatic rings. The van der Waals surface area contributed by atoms with Gasteiger partial charge in [-0.25, -0.2) is 4.79 Å². The van der Waals surface area contributed by atoms with Crippen LogP contribution in [-0.2, 0) is 9.53 Å². The largest absolute Gasteiger partial charge is 0.444 e. The number of nitrogens with zero attached hydrogens (tertiary/aromatic N) is 1. The van der Waals surface area contributed by atoms with Crippen molar-refractivity contribution in [1.82, 2.24) is 10.2 Å². The second-order valence-corrected chi connectivity index (χ2v) is 7.19. The standard InChI is InChI=1S/C17H32N2O3/c1-6-14(7-2)15(20)18-11-13-9-8-10-19(12-13)16(21)22-17(3,4)5/h13-14H,6-12H2,1-5H3,(H,18,20). The summed E-state index contributed by atoms with van der Waals surface area (Å²) in [4.78, 5) is 25.9. The van der Waals surface area contributed by atoms with Crippen molar-refractivity contribution in [2.75, 3.05) is 19.6 Å². The molecule has 22 heavy (non-hydrogen) atoms. The number of hydrogen-bond acceptors (Lipinski definition) is 3. The second-order valence-electron chi connectivity index (χ2n) is 7.19. The fourth-order valence-electron chi connectivity index (χ4n) is 2.77. The SMILES string of the molecule is CCC(CC)C(=O)NCC1CCCN(C(=O)OC(C)(C)C)C1. The highest BCUT2D eigenvalue weighted by molar-refractivity contribution is 5.78. The average Bonchev–Trinajstić information content (AvgIpc) is 2.45. The molecule has 0 radical (unpaired) electrons. The molecule has 0 aromatic heterocycles. The van der Waals surface area contributed by atoms with Crippen LogP contribution < -0.4 is 5.32 Å². The first kappa shape index (κ1) is 18.8. The third kappa shape index (κ3) is 6.24. The van der Waals surface area contributed by atoms with Crippen LogP contribution in [0.2, 0.25) is 0 Å². The molecule has 128 valence electrons. The van der Waals surface area contributed by atoms with Gasteiger partial charge in [-0.3, -0.25) is 4.79 Å². The predicted octanol–water partition coefficient (Wildman–Crippen LogP) is 3.19. The Morgan fingerprint density at radius 1 is 1.27 bits per heavy atom. The Hall–Kier alpha value is -1.26. The number of amides is 2. The predicted molar refractivity (Wildman–Crippen MR) is 87.6 cm³/mol. The molecule has 0 aromatic carbocycles. The maximum atomic E-state index is 12.1. The minimum absolute atomic E-state index is 0.102. The molecule has 1 aliphatic rings. The van der Waals surface area contributed by atoms with Crippen molar-refractivity contribution >= 4 is 12.0 Å². The molecule has 1 unspecified atom stereocenters. The van der Waals surface area contributed by atoms with Crippen molar-refractivity contribution in [1.29, 1.82) is 0 Å². The van der Waals surface area contributed by atoms with Gasteiger partial charge < -0.3 is 15.0 Å². The first-order chi connectivity index (χ1) is 10.3. The van der Waals surface area contributed by atoms with E-state index in [1.165, 1.54) is 0 Å². The van der Waals surface area contributed by atoms with Gasteiger partial charge in [-0.05, 0) is 52.4 Å². The van der Waals surface area contributed by atoms with Gasteiger partial charge in [0.1, 0.15) is 5.60 Å². The molecule has 1 rings (SSSR count). The van der Waals surface area contributed by atoms with Gasteiger partial charge in [0.15, 0.2) is 0 Å². The lowest BCUT2D eigenvalue weighted by molar-refractivity contribution is -0.125. The molecule has 0 aliphatic carbocycles. The second kappa shape index (κ2) is 8.39. The zero-order valence-corrected chi connectivity index (χ0v) is 14.8. The van der Waals surface area contributed by atoms with Gasteiger partial charge in [-0.1, -0.05) is 13.8 Å². The normalized spacial score (nSPS) is 19.2. The number of hydrogen-bond donors (Lipinski definition) is 1. The monoisotopic (exact) mass is 312 g/mol. The number of rotatable bonds is 5. The molecule has 0 spiro atoms. The molecule has 1 N–H and O–H groups in total. The third-order valence-corrected chi connectivity index (χ3v) is 4.09. The van der Waals surface area contributed by atoms with Gasteiger partial charge in [0.05, 0.1) is 0 Å². The fraction of sp³-hybridized carbons (Fsp3) is 0.882. The highest BCUT2D eigenvalue weighted by Crippen LogP contribution is 2.19. The molecule has 2 amide bonds. The molecule has 1 atom stereocenters. The lowest BCUT2D eigenvalue weighted by Crippen LogP contribution is -2.46. The quantitative estimate of drug-likeness (QED) is 0.848. The van der Waals surface area contributed by atoms with E-state index in [-0.39, 0.29) is 17.9 Å². The number of nitrogens with one attached hydrogen (secondary N) is 1. The van der Waals surface area contributed by atoms with Gasteiger partial charge in [-0.2, -0.15) is 0 Å². The topological polar surface area (TPSA) is 58.6 Å². The van der Waals surface area contributed by atoms with E-state index in [0.29, 0.717) is 19.0 Å². The third-order valence-electron chi connectivity index (χ3n) is 4.09. The summed E-state index contributed by atoms with van der Waals surface area (Å²) in [5.74, 6) is 0.560. The van der Waals surface area contributed by atoms with E-state index < -0.39 is 5.60 Å². The Bertz CT molecular complexity index is 373. The smallest absolute Gasteiger partial charge is 0.410 e. The first-order valence-electron chi connectivity index (χ1n) is 8.52. The van der Waals surface area contributed by atoms with E-state index in [9.17, 15) is 9.59 Å². The average molecular weight is 312 g/mol. The van der Waals surface area contributed by atoms with Crippen LogP contribution >= 0.6 is 0 Å². The number of ether oxygens (including phenoxy) is 1. The van der Waals surface area contributed by atoms with Crippen LogP contribution in [-0.4, -0.2) is 42.1 Å². The Balaban J connectivity index is 2.43. The molecular formula is C17H32N2O3. The molecule has 0 saturated carbocycles. The van der Waals surface area contributed by atoms with Crippen LogP contribution in [0.25, 0.3) is 0 Å². The molecule has 1 aliphatic heterocycles. The van der Waals surface area contributed by atoms with E-state index in [4.69, 9.17) is 4.74 Å². The number of carbonyl (C=O) groups is 2. The zero-order chi connectivity index (χ0) is 16.8. The molecule has 1 saturated heterocycles. The number of piperidine rings is 1. The van der Waals surface area contributed by atoms with Crippen LogP contribution in [0, 0.1) is 11.8 Å². The van der Waals surface area contributed by atoms with Crippen molar-refractivity contribution < 1.29 is 14.3 Å². The van der Waals surface area contributed by atoms with Crippen LogP contribution in [0.4, 0.5) is 4.79 Å². The summed E-state index contributed by atoms with van der Waals surface area (Å²) < 4.78 is 5.42. The van der Waals surface area contributed by atoms with Gasteiger partial charge in [0.25, 0.3) is 0 Å².